The molecule has 0 radical (unpaired) electrons. The molecule has 0 aromatic carbocycles. The Kier molecular flexibility index (Phi) is 4.78. The molecule has 0 spiro atoms. The summed E-state index contributed by atoms with van der Waals surface area (Å²) in [5.74, 6) is 0.0935. The lowest BCUT2D eigenvalue weighted by molar-refractivity contribution is -0.122. The second-order valence-electron chi connectivity index (χ2n) is 6.14. The van der Waals surface area contributed by atoms with Crippen molar-refractivity contribution in [2.24, 2.45) is 11.1 Å². The SMILES string of the molecule is CC(NC(=O)CCC(C)(C)N)C(C)(C)C. The summed E-state index contributed by atoms with van der Waals surface area (Å²) in [4.78, 5) is 11.6. The molecule has 0 rings (SSSR count). The molecule has 0 bridgehead atoms. The molecule has 1 amide bonds. The molecule has 0 heterocycles. The van der Waals surface area contributed by atoms with Gasteiger partial charge in [-0.2, -0.15) is 0 Å². The number of nitrogens with one attached hydrogen (secondary N) is 1. The molecule has 0 saturated heterocycles. The van der Waals surface area contributed by atoms with Gasteiger partial charge in [-0.3, -0.25) is 4.79 Å². The molecule has 1 unspecified atom stereocenters. The quantitative estimate of drug-likeness (QED) is 0.752. The van der Waals surface area contributed by atoms with Gasteiger partial charge in [-0.05, 0) is 32.6 Å². The van der Waals surface area contributed by atoms with Crippen molar-refractivity contribution in [1.29, 1.82) is 0 Å². The number of nitrogens with two attached hydrogens (primary N) is 1. The minimum atomic E-state index is -0.262. The normalized spacial score (nSPS) is 14.9. The van der Waals surface area contributed by atoms with Gasteiger partial charge in [0.2, 0.25) is 5.91 Å². The zero-order chi connectivity index (χ0) is 12.3. The van der Waals surface area contributed by atoms with Gasteiger partial charge in [-0.1, -0.05) is 20.8 Å². The van der Waals surface area contributed by atoms with E-state index in [9.17, 15) is 4.79 Å². The minimum Gasteiger partial charge on any atom is -0.353 e. The van der Waals surface area contributed by atoms with Crippen molar-refractivity contribution >= 4 is 5.91 Å². The summed E-state index contributed by atoms with van der Waals surface area (Å²) in [5, 5.41) is 3.00. The minimum absolute atomic E-state index is 0.0935. The van der Waals surface area contributed by atoms with E-state index in [1.54, 1.807) is 0 Å². The molecule has 0 aromatic heterocycles. The van der Waals surface area contributed by atoms with Gasteiger partial charge in [0.1, 0.15) is 0 Å². The standard InChI is InChI=1S/C12H26N2O/c1-9(11(2,3)4)14-10(15)7-8-12(5,6)13/h9H,7-8,13H2,1-6H3,(H,14,15). The first-order valence-corrected chi connectivity index (χ1v) is 5.60. The Bertz CT molecular complexity index is 211. The molecule has 15 heavy (non-hydrogen) atoms. The van der Waals surface area contributed by atoms with Crippen LogP contribution in [0.5, 0.6) is 0 Å². The first-order valence-electron chi connectivity index (χ1n) is 5.60. The molecule has 0 aliphatic heterocycles. The second kappa shape index (κ2) is 4.97. The van der Waals surface area contributed by atoms with Gasteiger partial charge >= 0.3 is 0 Å². The monoisotopic (exact) mass is 214 g/mol. The third-order valence-electron chi connectivity index (χ3n) is 2.67. The van der Waals surface area contributed by atoms with E-state index in [0.717, 1.165) is 6.42 Å². The fourth-order valence-electron chi connectivity index (χ4n) is 0.966. The highest BCUT2D eigenvalue weighted by Crippen LogP contribution is 2.18. The van der Waals surface area contributed by atoms with E-state index in [1.807, 2.05) is 20.8 Å². The maximum Gasteiger partial charge on any atom is 0.220 e. The van der Waals surface area contributed by atoms with Gasteiger partial charge < -0.3 is 11.1 Å². The zero-order valence-corrected chi connectivity index (χ0v) is 11.0. The van der Waals surface area contributed by atoms with E-state index in [0.29, 0.717) is 6.42 Å². The second-order valence-corrected chi connectivity index (χ2v) is 6.14. The molecule has 3 nitrogen and oxygen atoms in total. The molecular weight excluding hydrogens is 188 g/mol. The number of hydrogen-bond acceptors (Lipinski definition) is 2. The van der Waals surface area contributed by atoms with Crippen molar-refractivity contribution in [3.05, 3.63) is 0 Å². The zero-order valence-electron chi connectivity index (χ0n) is 11.0. The van der Waals surface area contributed by atoms with Crippen LogP contribution in [-0.4, -0.2) is 17.5 Å². The predicted molar refractivity (Wildman–Crippen MR) is 64.6 cm³/mol. The lowest BCUT2D eigenvalue weighted by Gasteiger charge is -2.28. The van der Waals surface area contributed by atoms with Crippen molar-refractivity contribution < 1.29 is 4.79 Å². The molecule has 0 aromatic rings. The summed E-state index contributed by atoms with van der Waals surface area (Å²) >= 11 is 0. The Morgan fingerprint density at radius 1 is 1.27 bits per heavy atom. The summed E-state index contributed by atoms with van der Waals surface area (Å²) in [6.45, 7) is 12.3. The van der Waals surface area contributed by atoms with Crippen LogP contribution >= 0.6 is 0 Å². The van der Waals surface area contributed by atoms with Crippen molar-refractivity contribution in [3.63, 3.8) is 0 Å². The molecule has 1 atom stereocenters. The van der Waals surface area contributed by atoms with E-state index < -0.39 is 0 Å². The number of carbonyl (C=O) groups is 1. The third-order valence-corrected chi connectivity index (χ3v) is 2.67. The fraction of sp³-hybridized carbons (Fsp3) is 0.917. The lowest BCUT2D eigenvalue weighted by atomic mass is 9.88. The molecule has 0 aliphatic carbocycles. The first-order chi connectivity index (χ1) is 6.52. The largest absolute Gasteiger partial charge is 0.353 e. The van der Waals surface area contributed by atoms with E-state index in [-0.39, 0.29) is 22.9 Å². The van der Waals surface area contributed by atoms with E-state index in [2.05, 4.69) is 26.1 Å². The van der Waals surface area contributed by atoms with Crippen LogP contribution < -0.4 is 11.1 Å². The Morgan fingerprint density at radius 2 is 1.73 bits per heavy atom. The Morgan fingerprint density at radius 3 is 2.07 bits per heavy atom. The van der Waals surface area contributed by atoms with Gasteiger partial charge in [-0.15, -0.1) is 0 Å². The average molecular weight is 214 g/mol. The Hall–Kier alpha value is -0.570. The van der Waals surface area contributed by atoms with Crippen molar-refractivity contribution in [2.45, 2.75) is 66.0 Å². The molecule has 0 fully saturated rings. The highest BCUT2D eigenvalue weighted by molar-refractivity contribution is 5.76. The van der Waals surface area contributed by atoms with Gasteiger partial charge in [0.05, 0.1) is 0 Å². The first kappa shape index (κ1) is 14.4. The molecular formula is C12H26N2O. The van der Waals surface area contributed by atoms with E-state index in [1.165, 1.54) is 0 Å². The highest BCUT2D eigenvalue weighted by atomic mass is 16.1. The third kappa shape index (κ3) is 7.37. The molecule has 0 aliphatic rings. The number of amides is 1. The summed E-state index contributed by atoms with van der Waals surface area (Å²) in [7, 11) is 0. The molecule has 3 N–H and O–H groups in total. The number of rotatable bonds is 4. The highest BCUT2D eigenvalue weighted by Gasteiger charge is 2.22. The Labute approximate surface area is 93.8 Å². The average Bonchev–Trinajstić information content (AvgIpc) is 1.97. The number of hydrogen-bond donors (Lipinski definition) is 2. The van der Waals surface area contributed by atoms with Crippen molar-refractivity contribution in [2.75, 3.05) is 0 Å². The van der Waals surface area contributed by atoms with Crippen LogP contribution in [0.15, 0.2) is 0 Å². The maximum atomic E-state index is 11.6. The molecule has 3 heteroatoms. The van der Waals surface area contributed by atoms with E-state index in [4.69, 9.17) is 5.73 Å². The topological polar surface area (TPSA) is 55.1 Å². The van der Waals surface area contributed by atoms with Crippen LogP contribution in [0, 0.1) is 5.41 Å². The summed E-state index contributed by atoms with van der Waals surface area (Å²) < 4.78 is 0. The van der Waals surface area contributed by atoms with Gasteiger partial charge in [-0.25, -0.2) is 0 Å². The van der Waals surface area contributed by atoms with E-state index >= 15 is 0 Å². The predicted octanol–water partition coefficient (Wildman–Crippen LogP) is 2.05. The summed E-state index contributed by atoms with van der Waals surface area (Å²) in [6, 6.07) is 0.186. The fourth-order valence-corrected chi connectivity index (χ4v) is 0.966. The molecule has 90 valence electrons. The van der Waals surface area contributed by atoms with Gasteiger partial charge in [0, 0.05) is 18.0 Å². The number of carbonyl (C=O) groups excluding carboxylic acids is 1. The maximum absolute atomic E-state index is 11.6. The molecule has 0 saturated carbocycles. The lowest BCUT2D eigenvalue weighted by Crippen LogP contribution is -2.42. The van der Waals surface area contributed by atoms with Crippen LogP contribution in [0.3, 0.4) is 0 Å². The van der Waals surface area contributed by atoms with Gasteiger partial charge in [0.15, 0.2) is 0 Å². The van der Waals surface area contributed by atoms with Crippen LogP contribution in [0.25, 0.3) is 0 Å². The summed E-state index contributed by atoms with van der Waals surface area (Å²) in [6.07, 6.45) is 1.22. The van der Waals surface area contributed by atoms with Crippen LogP contribution in [0.1, 0.15) is 54.4 Å². The van der Waals surface area contributed by atoms with Crippen molar-refractivity contribution in [3.8, 4) is 0 Å². The Balaban J connectivity index is 3.96. The van der Waals surface area contributed by atoms with Crippen molar-refractivity contribution in [1.82, 2.24) is 5.32 Å². The smallest absolute Gasteiger partial charge is 0.220 e. The van der Waals surface area contributed by atoms with Crippen LogP contribution in [-0.2, 0) is 4.79 Å². The van der Waals surface area contributed by atoms with Gasteiger partial charge in [0.25, 0.3) is 0 Å². The van der Waals surface area contributed by atoms with Crippen LogP contribution in [0.4, 0.5) is 0 Å². The van der Waals surface area contributed by atoms with Crippen LogP contribution in [0.2, 0.25) is 0 Å². The summed E-state index contributed by atoms with van der Waals surface area (Å²) in [5.41, 5.74) is 5.66.